The summed E-state index contributed by atoms with van der Waals surface area (Å²) in [4.78, 5) is 15.9. The van der Waals surface area contributed by atoms with E-state index in [4.69, 9.17) is 4.98 Å². The number of anilines is 1. The lowest BCUT2D eigenvalue weighted by atomic mass is 9.98. The summed E-state index contributed by atoms with van der Waals surface area (Å²) >= 11 is 0. The van der Waals surface area contributed by atoms with Gasteiger partial charge >= 0.3 is 0 Å². The molecule has 5 rings (SSSR count). The third-order valence-electron chi connectivity index (χ3n) is 5.37. The number of nitrogens with zero attached hydrogens (tertiary/aromatic N) is 7. The molecule has 1 aliphatic rings. The van der Waals surface area contributed by atoms with Crippen LogP contribution in [0.5, 0.6) is 0 Å². The van der Waals surface area contributed by atoms with Crippen molar-refractivity contribution in [1.29, 1.82) is 0 Å². The molecule has 1 unspecified atom stereocenters. The lowest BCUT2D eigenvalue weighted by molar-refractivity contribution is 0.364. The van der Waals surface area contributed by atoms with Crippen molar-refractivity contribution in [2.75, 3.05) is 18.0 Å². The minimum atomic E-state index is 0.575. The molecule has 0 radical (unpaired) electrons. The third-order valence-corrected chi connectivity index (χ3v) is 5.37. The van der Waals surface area contributed by atoms with Gasteiger partial charge in [-0.3, -0.25) is 0 Å². The van der Waals surface area contributed by atoms with Gasteiger partial charge in [0.25, 0.3) is 0 Å². The Morgan fingerprint density at radius 1 is 1.07 bits per heavy atom. The number of rotatable bonds is 5. The zero-order valence-electron chi connectivity index (χ0n) is 16.2. The molecule has 0 N–H and O–H groups in total. The summed E-state index contributed by atoms with van der Waals surface area (Å²) in [6.07, 6.45) is 13.8. The van der Waals surface area contributed by atoms with Gasteiger partial charge in [-0.1, -0.05) is 18.2 Å². The summed E-state index contributed by atoms with van der Waals surface area (Å²) in [5.41, 5.74) is 2.92. The van der Waals surface area contributed by atoms with Crippen molar-refractivity contribution >= 4 is 5.95 Å². The number of aromatic nitrogens is 6. The molecule has 4 heterocycles. The van der Waals surface area contributed by atoms with Gasteiger partial charge in [0.2, 0.25) is 5.95 Å². The minimum absolute atomic E-state index is 0.575. The van der Waals surface area contributed by atoms with Crippen LogP contribution in [0.4, 0.5) is 5.95 Å². The van der Waals surface area contributed by atoms with Gasteiger partial charge in [-0.25, -0.2) is 19.6 Å². The number of piperidine rings is 1. The molecule has 3 aromatic heterocycles. The number of para-hydroxylation sites is 1. The van der Waals surface area contributed by atoms with Crippen LogP contribution in [-0.2, 0) is 6.54 Å². The van der Waals surface area contributed by atoms with Crippen LogP contribution < -0.4 is 4.90 Å². The lowest BCUT2D eigenvalue weighted by Gasteiger charge is -2.33. The molecule has 0 bridgehead atoms. The highest BCUT2D eigenvalue weighted by Gasteiger charge is 2.22. The fraction of sp³-hybridized carbons (Fsp3) is 0.273. The predicted octanol–water partition coefficient (Wildman–Crippen LogP) is 3.44. The van der Waals surface area contributed by atoms with E-state index in [9.17, 15) is 0 Å². The maximum Gasteiger partial charge on any atom is 0.225 e. The molecule has 1 aliphatic heterocycles. The Bertz CT molecular complexity index is 1060. The summed E-state index contributed by atoms with van der Waals surface area (Å²) in [5.74, 6) is 1.37. The van der Waals surface area contributed by atoms with Crippen LogP contribution >= 0.6 is 0 Å². The van der Waals surface area contributed by atoms with E-state index in [1.807, 2.05) is 78.4 Å². The molecule has 4 aromatic rings. The molecule has 1 aromatic carbocycles. The van der Waals surface area contributed by atoms with Crippen molar-refractivity contribution in [1.82, 2.24) is 29.3 Å². The summed E-state index contributed by atoms with van der Waals surface area (Å²) in [5, 5.41) is 4.49. The monoisotopic (exact) mass is 385 g/mol. The number of hydrogen-bond acceptors (Lipinski definition) is 5. The Morgan fingerprint density at radius 2 is 2.00 bits per heavy atom. The first-order valence-corrected chi connectivity index (χ1v) is 9.99. The van der Waals surface area contributed by atoms with Crippen molar-refractivity contribution in [2.45, 2.75) is 19.4 Å². The van der Waals surface area contributed by atoms with Crippen LogP contribution in [-0.4, -0.2) is 42.4 Å². The fourth-order valence-electron chi connectivity index (χ4n) is 3.93. The topological polar surface area (TPSA) is 64.7 Å². The van der Waals surface area contributed by atoms with E-state index in [0.29, 0.717) is 5.92 Å². The van der Waals surface area contributed by atoms with Crippen molar-refractivity contribution in [3.63, 3.8) is 0 Å². The highest BCUT2D eigenvalue weighted by atomic mass is 15.3. The molecule has 146 valence electrons. The first-order valence-electron chi connectivity index (χ1n) is 9.99. The molecule has 1 atom stereocenters. The van der Waals surface area contributed by atoms with Crippen LogP contribution in [0.25, 0.3) is 16.9 Å². The van der Waals surface area contributed by atoms with E-state index in [2.05, 4.69) is 24.5 Å². The third kappa shape index (κ3) is 3.89. The Labute approximate surface area is 169 Å². The van der Waals surface area contributed by atoms with Crippen LogP contribution in [0.2, 0.25) is 0 Å². The first-order chi connectivity index (χ1) is 14.3. The smallest absolute Gasteiger partial charge is 0.225 e. The van der Waals surface area contributed by atoms with E-state index in [-0.39, 0.29) is 0 Å². The average Bonchev–Trinajstić information content (AvgIpc) is 3.47. The van der Waals surface area contributed by atoms with Gasteiger partial charge in [-0.15, -0.1) is 0 Å². The fourth-order valence-corrected chi connectivity index (χ4v) is 3.93. The molecule has 0 amide bonds. The molecule has 7 heteroatoms. The molecule has 7 nitrogen and oxygen atoms in total. The highest BCUT2D eigenvalue weighted by Crippen LogP contribution is 2.24. The van der Waals surface area contributed by atoms with E-state index in [1.54, 1.807) is 0 Å². The van der Waals surface area contributed by atoms with Gasteiger partial charge in [0.1, 0.15) is 0 Å². The average molecular weight is 385 g/mol. The summed E-state index contributed by atoms with van der Waals surface area (Å²) in [6, 6.07) is 12.0. The van der Waals surface area contributed by atoms with Gasteiger partial charge in [-0.05, 0) is 37.0 Å². The molecule has 0 spiro atoms. The molecular weight excluding hydrogens is 362 g/mol. The molecule has 0 saturated carbocycles. The standard InChI is InChI=1S/C22H23N7/c1-2-6-20(7-3-1)29-16-19(13-25-29)21-8-9-24-22(26-21)28-11-4-5-18(15-28)14-27-12-10-23-17-27/h1-3,6-10,12-13,16-18H,4-5,11,14-15H2. The summed E-state index contributed by atoms with van der Waals surface area (Å²) < 4.78 is 4.03. The Kier molecular flexibility index (Phi) is 4.78. The normalized spacial score (nSPS) is 16.8. The van der Waals surface area contributed by atoms with Gasteiger partial charge in [0.05, 0.1) is 23.9 Å². The quantitative estimate of drug-likeness (QED) is 0.527. The SMILES string of the molecule is c1ccc(-n2cc(-c3ccnc(N4CCCC(Cn5ccnc5)C4)n3)cn2)cc1. The van der Waals surface area contributed by atoms with Gasteiger partial charge in [0.15, 0.2) is 0 Å². The number of benzene rings is 1. The van der Waals surface area contributed by atoms with Gasteiger partial charge < -0.3 is 9.47 Å². The van der Waals surface area contributed by atoms with E-state index >= 15 is 0 Å². The van der Waals surface area contributed by atoms with E-state index in [1.165, 1.54) is 6.42 Å². The second-order valence-electron chi connectivity index (χ2n) is 7.46. The molecule has 0 aliphatic carbocycles. The van der Waals surface area contributed by atoms with Crippen LogP contribution in [0.15, 0.2) is 73.7 Å². The van der Waals surface area contributed by atoms with E-state index < -0.39 is 0 Å². The van der Waals surface area contributed by atoms with Crippen LogP contribution in [0.1, 0.15) is 12.8 Å². The predicted molar refractivity (Wildman–Crippen MR) is 112 cm³/mol. The second-order valence-corrected chi connectivity index (χ2v) is 7.46. The second kappa shape index (κ2) is 7.87. The van der Waals surface area contributed by atoms with Crippen LogP contribution in [0, 0.1) is 5.92 Å². The zero-order chi connectivity index (χ0) is 19.5. The zero-order valence-corrected chi connectivity index (χ0v) is 16.2. The van der Waals surface area contributed by atoms with Gasteiger partial charge in [-0.2, -0.15) is 5.10 Å². The molecule has 29 heavy (non-hydrogen) atoms. The number of hydrogen-bond donors (Lipinski definition) is 0. The molecule has 1 saturated heterocycles. The summed E-state index contributed by atoms with van der Waals surface area (Å²) in [6.45, 7) is 2.94. The van der Waals surface area contributed by atoms with Crippen molar-refractivity contribution in [3.8, 4) is 16.9 Å². The minimum Gasteiger partial charge on any atom is -0.340 e. The highest BCUT2D eigenvalue weighted by molar-refractivity contribution is 5.59. The number of imidazole rings is 1. The van der Waals surface area contributed by atoms with Crippen LogP contribution in [0.3, 0.4) is 0 Å². The Morgan fingerprint density at radius 3 is 2.86 bits per heavy atom. The van der Waals surface area contributed by atoms with E-state index in [0.717, 1.165) is 48.9 Å². The summed E-state index contributed by atoms with van der Waals surface area (Å²) in [7, 11) is 0. The van der Waals surface area contributed by atoms with Crippen molar-refractivity contribution in [2.24, 2.45) is 5.92 Å². The first kappa shape index (κ1) is 17.6. The lowest BCUT2D eigenvalue weighted by Crippen LogP contribution is -2.38. The maximum atomic E-state index is 4.85. The molecular formula is C22H23N7. The van der Waals surface area contributed by atoms with Crippen molar-refractivity contribution < 1.29 is 0 Å². The Balaban J connectivity index is 1.34. The maximum absolute atomic E-state index is 4.85. The molecule has 1 fully saturated rings. The van der Waals surface area contributed by atoms with Gasteiger partial charge in [0, 0.05) is 50.0 Å². The Hall–Kier alpha value is -3.48. The largest absolute Gasteiger partial charge is 0.340 e. The van der Waals surface area contributed by atoms with Crippen molar-refractivity contribution in [3.05, 3.63) is 73.7 Å².